The van der Waals surface area contributed by atoms with Crippen LogP contribution >= 0.6 is 11.3 Å². The summed E-state index contributed by atoms with van der Waals surface area (Å²) < 4.78 is 7.55. The number of aromatic nitrogens is 3. The van der Waals surface area contributed by atoms with Crippen molar-refractivity contribution in [2.45, 2.75) is 20.0 Å². The van der Waals surface area contributed by atoms with Gasteiger partial charge in [0.2, 0.25) is 0 Å². The van der Waals surface area contributed by atoms with Gasteiger partial charge in [-0.25, -0.2) is 4.68 Å². The van der Waals surface area contributed by atoms with E-state index in [9.17, 15) is 5.11 Å². The molecule has 0 atom stereocenters. The number of ether oxygens (including phenoxy) is 1. The SMILES string of the molecule is CCCOc1ccccc1-n1nnc(CO)c1-c1cccs1. The second kappa shape index (κ2) is 6.72. The third kappa shape index (κ3) is 2.75. The van der Waals surface area contributed by atoms with E-state index in [4.69, 9.17) is 4.74 Å². The van der Waals surface area contributed by atoms with Gasteiger partial charge in [0.05, 0.1) is 18.1 Å². The van der Waals surface area contributed by atoms with Crippen LogP contribution in [0.25, 0.3) is 16.3 Å². The van der Waals surface area contributed by atoms with E-state index in [1.807, 2.05) is 41.8 Å². The molecule has 0 amide bonds. The third-order valence-electron chi connectivity index (χ3n) is 3.20. The van der Waals surface area contributed by atoms with Crippen LogP contribution in [0.2, 0.25) is 0 Å². The molecule has 1 N–H and O–H groups in total. The Labute approximate surface area is 132 Å². The minimum atomic E-state index is -0.148. The van der Waals surface area contributed by atoms with Gasteiger partial charge in [-0.2, -0.15) is 0 Å². The van der Waals surface area contributed by atoms with Crippen molar-refractivity contribution < 1.29 is 9.84 Å². The number of hydrogen-bond acceptors (Lipinski definition) is 5. The molecule has 22 heavy (non-hydrogen) atoms. The van der Waals surface area contributed by atoms with E-state index in [0.29, 0.717) is 12.3 Å². The number of nitrogens with zero attached hydrogens (tertiary/aromatic N) is 3. The highest BCUT2D eigenvalue weighted by molar-refractivity contribution is 7.13. The summed E-state index contributed by atoms with van der Waals surface area (Å²) in [7, 11) is 0. The average molecular weight is 315 g/mol. The highest BCUT2D eigenvalue weighted by Crippen LogP contribution is 2.32. The lowest BCUT2D eigenvalue weighted by Crippen LogP contribution is -2.04. The summed E-state index contributed by atoms with van der Waals surface area (Å²) in [4.78, 5) is 1.01. The number of thiophene rings is 1. The minimum Gasteiger partial charge on any atom is -0.491 e. The predicted octanol–water partition coefficient (Wildman–Crippen LogP) is 3.28. The molecule has 0 aliphatic carbocycles. The third-order valence-corrected chi connectivity index (χ3v) is 4.08. The highest BCUT2D eigenvalue weighted by Gasteiger charge is 2.18. The Balaban J connectivity index is 2.12. The maximum atomic E-state index is 9.55. The molecule has 2 aromatic heterocycles. The van der Waals surface area contributed by atoms with Crippen molar-refractivity contribution in [2.24, 2.45) is 0 Å². The smallest absolute Gasteiger partial charge is 0.145 e. The van der Waals surface area contributed by atoms with Gasteiger partial charge in [-0.15, -0.1) is 16.4 Å². The van der Waals surface area contributed by atoms with Crippen LogP contribution in [-0.2, 0) is 6.61 Å². The monoisotopic (exact) mass is 315 g/mol. The van der Waals surface area contributed by atoms with E-state index in [2.05, 4.69) is 17.2 Å². The van der Waals surface area contributed by atoms with Crippen molar-refractivity contribution >= 4 is 11.3 Å². The molecular formula is C16H17N3O2S. The number of aliphatic hydroxyl groups excluding tert-OH is 1. The molecule has 0 unspecified atom stereocenters. The summed E-state index contributed by atoms with van der Waals surface area (Å²) in [6, 6.07) is 11.7. The Morgan fingerprint density at radius 3 is 2.82 bits per heavy atom. The van der Waals surface area contributed by atoms with Gasteiger partial charge >= 0.3 is 0 Å². The van der Waals surface area contributed by atoms with Crippen LogP contribution in [-0.4, -0.2) is 26.7 Å². The molecule has 0 saturated heterocycles. The van der Waals surface area contributed by atoms with Gasteiger partial charge in [-0.1, -0.05) is 30.3 Å². The maximum Gasteiger partial charge on any atom is 0.145 e. The number of rotatable bonds is 6. The predicted molar refractivity (Wildman–Crippen MR) is 86.4 cm³/mol. The Hall–Kier alpha value is -2.18. The lowest BCUT2D eigenvalue weighted by molar-refractivity contribution is 0.277. The van der Waals surface area contributed by atoms with E-state index >= 15 is 0 Å². The zero-order chi connectivity index (χ0) is 15.4. The molecule has 0 aliphatic heterocycles. The van der Waals surface area contributed by atoms with Crippen molar-refractivity contribution in [3.63, 3.8) is 0 Å². The van der Waals surface area contributed by atoms with Crippen molar-refractivity contribution in [2.75, 3.05) is 6.61 Å². The number of para-hydroxylation sites is 2. The first-order valence-corrected chi connectivity index (χ1v) is 8.04. The molecule has 0 fully saturated rings. The molecule has 3 aromatic rings. The first kappa shape index (κ1) is 14.7. The number of benzene rings is 1. The van der Waals surface area contributed by atoms with Gasteiger partial charge in [-0.3, -0.25) is 0 Å². The molecular weight excluding hydrogens is 298 g/mol. The summed E-state index contributed by atoms with van der Waals surface area (Å²) in [6.07, 6.45) is 0.936. The maximum absolute atomic E-state index is 9.55. The topological polar surface area (TPSA) is 60.2 Å². The standard InChI is InChI=1S/C16H17N3O2S/c1-2-9-21-14-7-4-3-6-13(14)19-16(12(11-20)17-18-19)15-8-5-10-22-15/h3-8,10,20H,2,9,11H2,1H3. The number of aliphatic hydroxyl groups is 1. The molecule has 0 radical (unpaired) electrons. The molecule has 114 valence electrons. The van der Waals surface area contributed by atoms with E-state index in [-0.39, 0.29) is 6.61 Å². The fourth-order valence-corrected chi connectivity index (χ4v) is 2.99. The lowest BCUT2D eigenvalue weighted by atomic mass is 10.2. The van der Waals surface area contributed by atoms with Gasteiger partial charge < -0.3 is 9.84 Å². The normalized spacial score (nSPS) is 10.8. The van der Waals surface area contributed by atoms with Crippen molar-refractivity contribution in [1.29, 1.82) is 0 Å². The van der Waals surface area contributed by atoms with Crippen LogP contribution < -0.4 is 4.74 Å². The largest absolute Gasteiger partial charge is 0.491 e. The van der Waals surface area contributed by atoms with Crippen LogP contribution in [0.4, 0.5) is 0 Å². The van der Waals surface area contributed by atoms with Crippen LogP contribution in [0, 0.1) is 0 Å². The van der Waals surface area contributed by atoms with Gasteiger partial charge in [0, 0.05) is 0 Å². The zero-order valence-electron chi connectivity index (χ0n) is 12.3. The molecule has 0 saturated carbocycles. The second-order valence-corrected chi connectivity index (χ2v) is 5.70. The van der Waals surface area contributed by atoms with E-state index in [0.717, 1.165) is 28.4 Å². The quantitative estimate of drug-likeness (QED) is 0.758. The molecule has 6 heteroatoms. The van der Waals surface area contributed by atoms with Crippen LogP contribution in [0.1, 0.15) is 19.0 Å². The van der Waals surface area contributed by atoms with Crippen LogP contribution in [0.15, 0.2) is 41.8 Å². The summed E-state index contributed by atoms with van der Waals surface area (Å²) in [6.45, 7) is 2.57. The van der Waals surface area contributed by atoms with Gasteiger partial charge in [-0.05, 0) is 30.0 Å². The highest BCUT2D eigenvalue weighted by atomic mass is 32.1. The zero-order valence-corrected chi connectivity index (χ0v) is 13.1. The molecule has 1 aromatic carbocycles. The Morgan fingerprint density at radius 2 is 2.09 bits per heavy atom. The molecule has 0 spiro atoms. The van der Waals surface area contributed by atoms with E-state index in [1.165, 1.54) is 0 Å². The van der Waals surface area contributed by atoms with Crippen molar-refractivity contribution in [1.82, 2.24) is 15.0 Å². The second-order valence-electron chi connectivity index (χ2n) is 4.75. The molecule has 0 aliphatic rings. The first-order chi connectivity index (χ1) is 10.8. The summed E-state index contributed by atoms with van der Waals surface area (Å²) in [5.74, 6) is 0.761. The number of hydrogen-bond donors (Lipinski definition) is 1. The van der Waals surface area contributed by atoms with Crippen molar-refractivity contribution in [3.8, 4) is 22.0 Å². The fraction of sp³-hybridized carbons (Fsp3) is 0.250. The fourth-order valence-electron chi connectivity index (χ4n) is 2.21. The molecule has 0 bridgehead atoms. The van der Waals surface area contributed by atoms with Gasteiger partial charge in [0.25, 0.3) is 0 Å². The Morgan fingerprint density at radius 1 is 1.23 bits per heavy atom. The van der Waals surface area contributed by atoms with E-state index in [1.54, 1.807) is 16.0 Å². The minimum absolute atomic E-state index is 0.148. The van der Waals surface area contributed by atoms with Gasteiger partial charge in [0.15, 0.2) is 0 Å². The lowest BCUT2D eigenvalue weighted by Gasteiger charge is -2.12. The van der Waals surface area contributed by atoms with Crippen LogP contribution in [0.5, 0.6) is 5.75 Å². The summed E-state index contributed by atoms with van der Waals surface area (Å²) in [5.41, 5.74) is 2.20. The molecule has 5 nitrogen and oxygen atoms in total. The Bertz CT molecular complexity index is 738. The molecule has 3 rings (SSSR count). The molecule has 2 heterocycles. The first-order valence-electron chi connectivity index (χ1n) is 7.16. The average Bonchev–Trinajstić information content (AvgIpc) is 3.21. The Kier molecular flexibility index (Phi) is 4.50. The van der Waals surface area contributed by atoms with Crippen molar-refractivity contribution in [3.05, 3.63) is 47.5 Å². The summed E-state index contributed by atoms with van der Waals surface area (Å²) in [5, 5.41) is 19.9. The summed E-state index contributed by atoms with van der Waals surface area (Å²) >= 11 is 1.59. The van der Waals surface area contributed by atoms with E-state index < -0.39 is 0 Å². The van der Waals surface area contributed by atoms with Crippen LogP contribution in [0.3, 0.4) is 0 Å². The van der Waals surface area contributed by atoms with Gasteiger partial charge in [0.1, 0.15) is 22.8 Å².